The Labute approximate surface area is 239 Å². The lowest BCUT2D eigenvalue weighted by Crippen LogP contribution is -2.60. The van der Waals surface area contributed by atoms with Crippen LogP contribution in [0.5, 0.6) is 0 Å². The maximum absolute atomic E-state index is 13.7. The fraction of sp³-hybridized carbons (Fsp3) is 0.750. The van der Waals surface area contributed by atoms with E-state index < -0.39 is 0 Å². The predicted octanol–water partition coefficient (Wildman–Crippen LogP) is 3.94. The minimum atomic E-state index is -0.331. The number of piperidine rings is 1. The molecular formula is C32H48N4O4. The fourth-order valence-corrected chi connectivity index (χ4v) is 8.49. The minimum Gasteiger partial charge on any atom is -0.393 e. The van der Waals surface area contributed by atoms with Gasteiger partial charge in [-0.05, 0) is 83.1 Å². The maximum atomic E-state index is 13.7. The van der Waals surface area contributed by atoms with Gasteiger partial charge in [0.1, 0.15) is 0 Å². The van der Waals surface area contributed by atoms with E-state index in [0.717, 1.165) is 70.5 Å². The number of carbonyl (C=O) groups is 2. The molecule has 4 aliphatic heterocycles. The zero-order valence-corrected chi connectivity index (χ0v) is 24.3. The Kier molecular flexibility index (Phi) is 8.12. The maximum Gasteiger partial charge on any atom is 0.320 e. The number of aliphatic hydroxyl groups is 1. The van der Waals surface area contributed by atoms with Crippen molar-refractivity contribution < 1.29 is 19.4 Å². The Hall–Kier alpha value is -2.16. The van der Waals surface area contributed by atoms with E-state index in [1.54, 1.807) is 0 Å². The highest BCUT2D eigenvalue weighted by Crippen LogP contribution is 2.48. The van der Waals surface area contributed by atoms with Crippen molar-refractivity contribution in [3.63, 3.8) is 0 Å². The number of benzene rings is 1. The van der Waals surface area contributed by atoms with Gasteiger partial charge >= 0.3 is 6.03 Å². The van der Waals surface area contributed by atoms with E-state index >= 15 is 0 Å². The minimum absolute atomic E-state index is 0.0306. The predicted molar refractivity (Wildman–Crippen MR) is 154 cm³/mol. The molecule has 2 unspecified atom stereocenters. The highest BCUT2D eigenvalue weighted by atomic mass is 16.5. The molecule has 2 bridgehead atoms. The number of nitrogens with zero attached hydrogens (tertiary/aromatic N) is 3. The number of ether oxygens (including phenoxy) is 1. The first kappa shape index (κ1) is 28.0. The van der Waals surface area contributed by atoms with Crippen molar-refractivity contribution in [2.45, 2.75) is 107 Å². The third-order valence-electron chi connectivity index (χ3n) is 10.5. The summed E-state index contributed by atoms with van der Waals surface area (Å²) in [6.07, 6.45) is 8.25. The first-order valence-electron chi connectivity index (χ1n) is 15.8. The number of urea groups is 1. The van der Waals surface area contributed by atoms with Crippen molar-refractivity contribution >= 4 is 11.9 Å². The van der Waals surface area contributed by atoms with Crippen LogP contribution in [0.25, 0.3) is 0 Å². The summed E-state index contributed by atoms with van der Waals surface area (Å²) in [7, 11) is 0. The average molecular weight is 553 g/mol. The second-order valence-corrected chi connectivity index (χ2v) is 13.5. The molecular weight excluding hydrogens is 504 g/mol. The van der Waals surface area contributed by atoms with E-state index in [-0.39, 0.29) is 41.6 Å². The molecule has 1 aromatic carbocycles. The van der Waals surface area contributed by atoms with Crippen molar-refractivity contribution in [2.24, 2.45) is 11.8 Å². The van der Waals surface area contributed by atoms with Gasteiger partial charge in [-0.3, -0.25) is 9.69 Å². The zero-order valence-electron chi connectivity index (χ0n) is 24.3. The van der Waals surface area contributed by atoms with Gasteiger partial charge in [0, 0.05) is 56.9 Å². The Balaban J connectivity index is 1.13. The molecule has 0 radical (unpaired) electrons. The van der Waals surface area contributed by atoms with E-state index in [9.17, 15) is 14.7 Å². The molecule has 1 aromatic rings. The summed E-state index contributed by atoms with van der Waals surface area (Å²) in [4.78, 5) is 33.8. The molecule has 3 amide bonds. The van der Waals surface area contributed by atoms with Crippen molar-refractivity contribution in [1.29, 1.82) is 0 Å². The Morgan fingerprint density at radius 2 is 1.75 bits per heavy atom. The summed E-state index contributed by atoms with van der Waals surface area (Å²) in [5.41, 5.74) is 1.07. The molecule has 4 heterocycles. The molecule has 1 saturated carbocycles. The number of hydrogen-bond donors (Lipinski definition) is 2. The van der Waals surface area contributed by atoms with Crippen LogP contribution in [-0.2, 0) is 9.53 Å². The molecule has 3 atom stereocenters. The van der Waals surface area contributed by atoms with Gasteiger partial charge in [-0.25, -0.2) is 4.79 Å². The first-order chi connectivity index (χ1) is 19.3. The van der Waals surface area contributed by atoms with E-state index in [2.05, 4.69) is 46.0 Å². The van der Waals surface area contributed by atoms with Crippen LogP contribution in [0.4, 0.5) is 4.79 Å². The van der Waals surface area contributed by atoms with E-state index in [1.807, 2.05) is 18.2 Å². The average Bonchev–Trinajstić information content (AvgIpc) is 3.33. The van der Waals surface area contributed by atoms with Gasteiger partial charge < -0.3 is 25.0 Å². The number of aliphatic hydroxyl groups excluding tert-OH is 1. The number of hydrogen-bond acceptors (Lipinski definition) is 5. The van der Waals surface area contributed by atoms with Gasteiger partial charge in [-0.2, -0.15) is 0 Å². The summed E-state index contributed by atoms with van der Waals surface area (Å²) in [5, 5.41) is 13.0. The third-order valence-corrected chi connectivity index (χ3v) is 10.5. The SMILES string of the molecule is CC(C)N1C(=O)N(CC2CCOCC2)CC12CC1CCC(C2)N1CC[C@H](NC(=O)C1CC(O)C1)c1ccccc1. The normalized spacial score (nSPS) is 33.5. The van der Waals surface area contributed by atoms with Crippen LogP contribution in [0.3, 0.4) is 0 Å². The van der Waals surface area contributed by atoms with Gasteiger partial charge in [0.25, 0.3) is 0 Å². The largest absolute Gasteiger partial charge is 0.393 e. The smallest absolute Gasteiger partial charge is 0.320 e. The summed E-state index contributed by atoms with van der Waals surface area (Å²) >= 11 is 0. The van der Waals surface area contributed by atoms with Crippen LogP contribution < -0.4 is 5.32 Å². The molecule has 2 N–H and O–H groups in total. The standard InChI is InChI=1S/C32H48N4O4/c1-22(2)36-31(39)34(20-23-11-14-40-15-12-23)21-32(36)18-26-8-9-27(19-32)35(26)13-10-29(24-6-4-3-5-7-24)33-30(38)25-16-28(37)17-25/h3-7,22-23,25-29,37H,8-21H2,1-2H3,(H,33,38)/t25?,26?,27?,28?,29-,32?/m0/s1. The number of carbonyl (C=O) groups excluding carboxylic acids is 2. The van der Waals surface area contributed by atoms with Gasteiger partial charge in [0.05, 0.1) is 17.7 Å². The number of amides is 3. The van der Waals surface area contributed by atoms with Crippen LogP contribution in [0.1, 0.15) is 83.2 Å². The molecule has 40 heavy (non-hydrogen) atoms. The highest BCUT2D eigenvalue weighted by molar-refractivity contribution is 5.80. The Morgan fingerprint density at radius 1 is 1.07 bits per heavy atom. The molecule has 8 heteroatoms. The van der Waals surface area contributed by atoms with Crippen LogP contribution in [0.2, 0.25) is 0 Å². The van der Waals surface area contributed by atoms with Crippen LogP contribution in [-0.4, -0.2) is 94.4 Å². The van der Waals surface area contributed by atoms with Crippen LogP contribution in [0, 0.1) is 11.8 Å². The molecule has 8 nitrogen and oxygen atoms in total. The number of fused-ring (bicyclic) bond motifs is 2. The van der Waals surface area contributed by atoms with Crippen molar-refractivity contribution in [3.05, 3.63) is 35.9 Å². The van der Waals surface area contributed by atoms with Gasteiger partial charge in [-0.15, -0.1) is 0 Å². The molecule has 4 saturated heterocycles. The van der Waals surface area contributed by atoms with Gasteiger partial charge in [0.15, 0.2) is 0 Å². The second-order valence-electron chi connectivity index (χ2n) is 13.5. The van der Waals surface area contributed by atoms with Crippen molar-refractivity contribution in [3.8, 4) is 0 Å². The Bertz CT molecular complexity index is 1020. The quantitative estimate of drug-likeness (QED) is 0.485. The monoisotopic (exact) mass is 552 g/mol. The fourth-order valence-electron chi connectivity index (χ4n) is 8.49. The summed E-state index contributed by atoms with van der Waals surface area (Å²) in [6, 6.07) is 11.7. The molecule has 220 valence electrons. The Morgan fingerprint density at radius 3 is 2.38 bits per heavy atom. The van der Waals surface area contributed by atoms with Crippen molar-refractivity contribution in [2.75, 3.05) is 32.8 Å². The number of nitrogens with one attached hydrogen (secondary N) is 1. The van der Waals surface area contributed by atoms with Crippen LogP contribution in [0.15, 0.2) is 30.3 Å². The van der Waals surface area contributed by atoms with E-state index in [4.69, 9.17) is 4.74 Å². The molecule has 1 spiro atoms. The zero-order chi connectivity index (χ0) is 27.9. The third kappa shape index (κ3) is 5.51. The van der Waals surface area contributed by atoms with Gasteiger partial charge in [0.2, 0.25) is 5.91 Å². The molecule has 0 aromatic heterocycles. The van der Waals surface area contributed by atoms with Crippen LogP contribution >= 0.6 is 0 Å². The van der Waals surface area contributed by atoms with E-state index in [0.29, 0.717) is 30.8 Å². The van der Waals surface area contributed by atoms with Crippen molar-refractivity contribution in [1.82, 2.24) is 20.0 Å². The molecule has 1 aliphatic carbocycles. The second kappa shape index (κ2) is 11.6. The topological polar surface area (TPSA) is 85.4 Å². The number of rotatable bonds is 9. The molecule has 5 aliphatic rings. The first-order valence-corrected chi connectivity index (χ1v) is 15.8. The lowest BCUT2D eigenvalue weighted by atomic mass is 9.80. The molecule has 5 fully saturated rings. The summed E-state index contributed by atoms with van der Waals surface area (Å²) in [5.74, 6) is 0.548. The summed E-state index contributed by atoms with van der Waals surface area (Å²) < 4.78 is 5.57. The highest BCUT2D eigenvalue weighted by Gasteiger charge is 2.57. The molecule has 6 rings (SSSR count). The summed E-state index contributed by atoms with van der Waals surface area (Å²) in [6.45, 7) is 8.66. The van der Waals surface area contributed by atoms with Gasteiger partial charge in [-0.1, -0.05) is 30.3 Å². The van der Waals surface area contributed by atoms with E-state index in [1.165, 1.54) is 12.8 Å². The lowest BCUT2D eigenvalue weighted by molar-refractivity contribution is -0.132. The lowest BCUT2D eigenvalue weighted by Gasteiger charge is -2.49.